The topological polar surface area (TPSA) is 34.1 Å². The van der Waals surface area contributed by atoms with Gasteiger partial charge in [-0.15, -0.1) is 0 Å². The standard InChI is InChI=1S/C15H23FN2O/c1-3-11-6-4-5-7-14(11)19-15-12(9-17-2)8-13(16)10-18-15/h8,10-11,14,17H,3-7,9H2,1-2H3. The van der Waals surface area contributed by atoms with Crippen molar-refractivity contribution in [2.75, 3.05) is 7.05 Å². The van der Waals surface area contributed by atoms with Crippen LogP contribution >= 0.6 is 0 Å². The predicted octanol–water partition coefficient (Wildman–Crippen LogP) is 3.29. The molecule has 1 aromatic rings. The number of nitrogens with one attached hydrogen (secondary N) is 1. The van der Waals surface area contributed by atoms with E-state index in [-0.39, 0.29) is 11.9 Å². The minimum absolute atomic E-state index is 0.229. The molecule has 0 radical (unpaired) electrons. The number of nitrogens with zero attached hydrogens (tertiary/aromatic N) is 1. The van der Waals surface area contributed by atoms with Crippen LogP contribution in [0, 0.1) is 11.7 Å². The maximum Gasteiger partial charge on any atom is 0.218 e. The normalized spacial score (nSPS) is 23.3. The molecule has 0 spiro atoms. The molecule has 0 bridgehead atoms. The van der Waals surface area contributed by atoms with Gasteiger partial charge in [0, 0.05) is 12.1 Å². The second kappa shape index (κ2) is 6.85. The Labute approximate surface area is 114 Å². The zero-order valence-electron chi connectivity index (χ0n) is 11.8. The van der Waals surface area contributed by atoms with Crippen LogP contribution in [0.1, 0.15) is 44.6 Å². The molecule has 1 aliphatic carbocycles. The molecule has 2 unspecified atom stereocenters. The molecule has 1 fully saturated rings. The number of hydrogen-bond donors (Lipinski definition) is 1. The van der Waals surface area contributed by atoms with Gasteiger partial charge in [-0.3, -0.25) is 0 Å². The fourth-order valence-corrected chi connectivity index (χ4v) is 2.83. The minimum atomic E-state index is -0.312. The lowest BCUT2D eigenvalue weighted by atomic mass is 9.85. The second-order valence-corrected chi connectivity index (χ2v) is 5.26. The van der Waals surface area contributed by atoms with Gasteiger partial charge in [0.1, 0.15) is 11.9 Å². The molecule has 0 aliphatic heterocycles. The molecule has 0 amide bonds. The van der Waals surface area contributed by atoms with Crippen molar-refractivity contribution in [1.29, 1.82) is 0 Å². The van der Waals surface area contributed by atoms with Gasteiger partial charge in [-0.25, -0.2) is 9.37 Å². The van der Waals surface area contributed by atoms with E-state index in [1.807, 2.05) is 7.05 Å². The van der Waals surface area contributed by atoms with Gasteiger partial charge in [0.2, 0.25) is 5.88 Å². The van der Waals surface area contributed by atoms with Gasteiger partial charge in [-0.05, 0) is 44.7 Å². The fraction of sp³-hybridized carbons (Fsp3) is 0.667. The Morgan fingerprint density at radius 2 is 2.21 bits per heavy atom. The zero-order chi connectivity index (χ0) is 13.7. The Bertz CT molecular complexity index is 411. The van der Waals surface area contributed by atoms with Crippen molar-refractivity contribution in [2.24, 2.45) is 5.92 Å². The van der Waals surface area contributed by atoms with Crippen molar-refractivity contribution in [3.8, 4) is 5.88 Å². The number of hydrogen-bond acceptors (Lipinski definition) is 3. The molecule has 1 aromatic heterocycles. The molecule has 106 valence electrons. The molecule has 1 saturated carbocycles. The highest BCUT2D eigenvalue weighted by atomic mass is 19.1. The van der Waals surface area contributed by atoms with Crippen LogP contribution in [-0.2, 0) is 6.54 Å². The molecule has 1 N–H and O–H groups in total. The summed E-state index contributed by atoms with van der Waals surface area (Å²) in [6, 6.07) is 1.50. The van der Waals surface area contributed by atoms with Gasteiger partial charge in [-0.2, -0.15) is 0 Å². The quantitative estimate of drug-likeness (QED) is 0.888. The number of aromatic nitrogens is 1. The lowest BCUT2D eigenvalue weighted by molar-refractivity contribution is 0.0845. The summed E-state index contributed by atoms with van der Waals surface area (Å²) in [6.07, 6.45) is 7.40. The van der Waals surface area contributed by atoms with Crippen LogP contribution in [-0.4, -0.2) is 18.1 Å². The third kappa shape index (κ3) is 3.66. The van der Waals surface area contributed by atoms with E-state index in [1.54, 1.807) is 0 Å². The molecule has 4 heteroatoms. The van der Waals surface area contributed by atoms with Crippen molar-refractivity contribution in [3.63, 3.8) is 0 Å². The molecule has 0 aromatic carbocycles. The summed E-state index contributed by atoms with van der Waals surface area (Å²) in [7, 11) is 1.84. The van der Waals surface area contributed by atoms with Crippen LogP contribution in [0.25, 0.3) is 0 Å². The lowest BCUT2D eigenvalue weighted by Crippen LogP contribution is -2.30. The van der Waals surface area contributed by atoms with Crippen molar-refractivity contribution >= 4 is 0 Å². The van der Waals surface area contributed by atoms with Crippen molar-refractivity contribution in [2.45, 2.75) is 51.7 Å². The summed E-state index contributed by atoms with van der Waals surface area (Å²) in [6.45, 7) is 2.78. The largest absolute Gasteiger partial charge is 0.474 e. The average molecular weight is 266 g/mol. The Hall–Kier alpha value is -1.16. The summed E-state index contributed by atoms with van der Waals surface area (Å²) in [5.74, 6) is 0.873. The predicted molar refractivity (Wildman–Crippen MR) is 73.6 cm³/mol. The van der Waals surface area contributed by atoms with Crippen LogP contribution in [0.2, 0.25) is 0 Å². The molecule has 1 heterocycles. The Morgan fingerprint density at radius 1 is 1.42 bits per heavy atom. The molecule has 2 atom stereocenters. The number of ether oxygens (including phenoxy) is 1. The van der Waals surface area contributed by atoms with Crippen LogP contribution in [0.4, 0.5) is 4.39 Å². The van der Waals surface area contributed by atoms with E-state index < -0.39 is 0 Å². The molecular formula is C15H23FN2O. The first-order chi connectivity index (χ1) is 9.24. The third-order valence-corrected chi connectivity index (χ3v) is 3.89. The van der Waals surface area contributed by atoms with Gasteiger partial charge in [-0.1, -0.05) is 13.3 Å². The van der Waals surface area contributed by atoms with E-state index in [9.17, 15) is 4.39 Å². The zero-order valence-corrected chi connectivity index (χ0v) is 11.8. The summed E-state index contributed by atoms with van der Waals surface area (Å²) >= 11 is 0. The highest BCUT2D eigenvalue weighted by Gasteiger charge is 2.26. The number of halogens is 1. The maximum atomic E-state index is 13.2. The van der Waals surface area contributed by atoms with E-state index in [2.05, 4.69) is 17.2 Å². The second-order valence-electron chi connectivity index (χ2n) is 5.26. The van der Waals surface area contributed by atoms with Crippen molar-refractivity contribution < 1.29 is 9.13 Å². The molecule has 0 saturated heterocycles. The van der Waals surface area contributed by atoms with E-state index >= 15 is 0 Å². The Morgan fingerprint density at radius 3 is 2.95 bits per heavy atom. The molecule has 2 rings (SSSR count). The minimum Gasteiger partial charge on any atom is -0.474 e. The monoisotopic (exact) mass is 266 g/mol. The summed E-state index contributed by atoms with van der Waals surface area (Å²) in [5.41, 5.74) is 0.794. The fourth-order valence-electron chi connectivity index (χ4n) is 2.83. The maximum absolute atomic E-state index is 13.2. The van der Waals surface area contributed by atoms with Gasteiger partial charge >= 0.3 is 0 Å². The number of pyridine rings is 1. The van der Waals surface area contributed by atoms with E-state index in [4.69, 9.17) is 4.74 Å². The van der Waals surface area contributed by atoms with Gasteiger partial charge in [0.15, 0.2) is 0 Å². The van der Waals surface area contributed by atoms with Gasteiger partial charge in [0.25, 0.3) is 0 Å². The Kier molecular flexibility index (Phi) is 5.14. The summed E-state index contributed by atoms with van der Waals surface area (Å²) < 4.78 is 19.3. The first-order valence-electron chi connectivity index (χ1n) is 7.20. The van der Waals surface area contributed by atoms with E-state index in [0.717, 1.165) is 18.4 Å². The third-order valence-electron chi connectivity index (χ3n) is 3.89. The molecule has 19 heavy (non-hydrogen) atoms. The Balaban J connectivity index is 2.12. The van der Waals surface area contributed by atoms with E-state index in [0.29, 0.717) is 18.3 Å². The molecule has 1 aliphatic rings. The lowest BCUT2D eigenvalue weighted by Gasteiger charge is -2.31. The highest BCUT2D eigenvalue weighted by Crippen LogP contribution is 2.31. The van der Waals surface area contributed by atoms with Crippen LogP contribution in [0.15, 0.2) is 12.3 Å². The van der Waals surface area contributed by atoms with Gasteiger partial charge in [0.05, 0.1) is 6.20 Å². The SMILES string of the molecule is CCC1CCCCC1Oc1ncc(F)cc1CNC. The molecule has 3 nitrogen and oxygen atoms in total. The highest BCUT2D eigenvalue weighted by molar-refractivity contribution is 5.26. The van der Waals surface area contributed by atoms with Crippen LogP contribution < -0.4 is 10.1 Å². The van der Waals surface area contributed by atoms with Crippen LogP contribution in [0.3, 0.4) is 0 Å². The summed E-state index contributed by atoms with van der Waals surface area (Å²) in [5, 5.41) is 3.03. The first-order valence-corrected chi connectivity index (χ1v) is 7.20. The summed E-state index contributed by atoms with van der Waals surface area (Å²) in [4.78, 5) is 4.12. The van der Waals surface area contributed by atoms with Gasteiger partial charge < -0.3 is 10.1 Å². The van der Waals surface area contributed by atoms with E-state index in [1.165, 1.54) is 31.5 Å². The van der Waals surface area contributed by atoms with Crippen molar-refractivity contribution in [3.05, 3.63) is 23.6 Å². The van der Waals surface area contributed by atoms with Crippen LogP contribution in [0.5, 0.6) is 5.88 Å². The first kappa shape index (κ1) is 14.3. The number of rotatable bonds is 5. The average Bonchev–Trinajstić information content (AvgIpc) is 2.43. The van der Waals surface area contributed by atoms with Crippen molar-refractivity contribution in [1.82, 2.24) is 10.3 Å². The molecular weight excluding hydrogens is 243 g/mol. The smallest absolute Gasteiger partial charge is 0.218 e.